The molecule has 35 heavy (non-hydrogen) atoms. The highest BCUT2D eigenvalue weighted by molar-refractivity contribution is 5.85. The van der Waals surface area contributed by atoms with Gasteiger partial charge in [0.05, 0.1) is 6.04 Å². The van der Waals surface area contributed by atoms with Crippen LogP contribution in [0.3, 0.4) is 0 Å². The van der Waals surface area contributed by atoms with Gasteiger partial charge in [0.1, 0.15) is 6.61 Å². The lowest BCUT2D eigenvalue weighted by atomic mass is 9.99. The molecule has 0 spiro atoms. The minimum Gasteiger partial charge on any atom is -0.461 e. The van der Waals surface area contributed by atoms with Crippen molar-refractivity contribution in [2.75, 3.05) is 0 Å². The molecule has 3 rings (SSSR count). The number of esters is 1. The molecule has 0 aliphatic carbocycles. The van der Waals surface area contributed by atoms with Gasteiger partial charge in [-0.25, -0.2) is 0 Å². The number of nitrogens with one attached hydrogen (secondary N) is 1. The zero-order valence-corrected chi connectivity index (χ0v) is 20.3. The van der Waals surface area contributed by atoms with Crippen LogP contribution in [0, 0.1) is 0 Å². The SMILES string of the molecule is Cl.NC(=O)C[C@H](Cc1ccc2ccccc2c1)NC(=O)[C@@H](N)CCCC(=O)OCc1ccccc1. The van der Waals surface area contributed by atoms with E-state index in [0.717, 1.165) is 21.9 Å². The highest BCUT2D eigenvalue weighted by atomic mass is 35.5. The summed E-state index contributed by atoms with van der Waals surface area (Å²) >= 11 is 0. The van der Waals surface area contributed by atoms with Gasteiger partial charge in [-0.05, 0) is 41.2 Å². The standard InChI is InChI=1S/C27H31N3O4.ClH/c28-24(11-6-12-26(32)34-18-19-7-2-1-3-8-19)27(33)30-23(17-25(29)31)16-20-13-14-21-9-4-5-10-22(21)15-20;/h1-5,7-10,13-15,23-24H,6,11-12,16-18,28H2,(H2,29,31)(H,30,33);1H/t23-,24-;/m0./s1. The zero-order chi connectivity index (χ0) is 24.3. The Kier molecular flexibility index (Phi) is 11.2. The number of halogens is 1. The molecule has 0 heterocycles. The number of benzene rings is 3. The zero-order valence-electron chi connectivity index (χ0n) is 19.5. The van der Waals surface area contributed by atoms with Crippen LogP contribution in [0.4, 0.5) is 0 Å². The monoisotopic (exact) mass is 497 g/mol. The second-order valence-corrected chi connectivity index (χ2v) is 8.41. The Balaban J connectivity index is 0.00000432. The Morgan fingerprint density at radius 1 is 0.886 bits per heavy atom. The summed E-state index contributed by atoms with van der Waals surface area (Å²) in [7, 11) is 0. The topological polar surface area (TPSA) is 125 Å². The predicted molar refractivity (Wildman–Crippen MR) is 139 cm³/mol. The summed E-state index contributed by atoms with van der Waals surface area (Å²) in [6, 6.07) is 22.2. The van der Waals surface area contributed by atoms with E-state index in [2.05, 4.69) is 5.32 Å². The van der Waals surface area contributed by atoms with Crippen molar-refractivity contribution in [2.24, 2.45) is 11.5 Å². The Hall–Kier alpha value is -3.42. The fraction of sp³-hybridized carbons (Fsp3) is 0.296. The van der Waals surface area contributed by atoms with E-state index in [1.807, 2.05) is 72.8 Å². The molecule has 0 aliphatic rings. The van der Waals surface area contributed by atoms with Crippen LogP contribution < -0.4 is 16.8 Å². The van der Waals surface area contributed by atoms with Crippen molar-refractivity contribution in [3.8, 4) is 0 Å². The molecule has 0 aromatic heterocycles. The summed E-state index contributed by atoms with van der Waals surface area (Å²) in [6.45, 7) is 0.218. The molecule has 0 bridgehead atoms. The molecular weight excluding hydrogens is 466 g/mol. The summed E-state index contributed by atoms with van der Waals surface area (Å²) in [5, 5.41) is 5.05. The van der Waals surface area contributed by atoms with Crippen LogP contribution >= 0.6 is 12.4 Å². The van der Waals surface area contributed by atoms with Crippen molar-refractivity contribution in [2.45, 2.75) is 50.8 Å². The van der Waals surface area contributed by atoms with E-state index in [0.29, 0.717) is 19.3 Å². The number of hydrogen-bond donors (Lipinski definition) is 3. The molecule has 5 N–H and O–H groups in total. The van der Waals surface area contributed by atoms with Crippen molar-refractivity contribution < 1.29 is 19.1 Å². The highest BCUT2D eigenvalue weighted by Crippen LogP contribution is 2.17. The van der Waals surface area contributed by atoms with E-state index in [-0.39, 0.29) is 43.7 Å². The maximum atomic E-state index is 12.6. The van der Waals surface area contributed by atoms with Crippen LogP contribution in [0.1, 0.15) is 36.8 Å². The fourth-order valence-electron chi connectivity index (χ4n) is 3.78. The van der Waals surface area contributed by atoms with Gasteiger partial charge in [-0.3, -0.25) is 14.4 Å². The Morgan fingerprint density at radius 3 is 2.29 bits per heavy atom. The third kappa shape index (κ3) is 9.39. The first-order chi connectivity index (χ1) is 16.4. The van der Waals surface area contributed by atoms with Gasteiger partial charge in [-0.15, -0.1) is 12.4 Å². The minimum absolute atomic E-state index is 0. The second kappa shape index (κ2) is 14.1. The Bertz CT molecular complexity index is 1120. The van der Waals surface area contributed by atoms with Crippen LogP contribution in [-0.2, 0) is 32.1 Å². The van der Waals surface area contributed by atoms with Crippen molar-refractivity contribution in [1.29, 1.82) is 0 Å². The number of nitrogens with two attached hydrogens (primary N) is 2. The van der Waals surface area contributed by atoms with E-state index < -0.39 is 18.0 Å². The molecule has 0 fully saturated rings. The first kappa shape index (κ1) is 27.8. The van der Waals surface area contributed by atoms with Crippen LogP contribution in [-0.4, -0.2) is 29.9 Å². The number of ether oxygens (including phenoxy) is 1. The molecule has 0 saturated heterocycles. The van der Waals surface area contributed by atoms with Crippen molar-refractivity contribution >= 4 is 41.0 Å². The molecule has 186 valence electrons. The van der Waals surface area contributed by atoms with Crippen LogP contribution in [0.2, 0.25) is 0 Å². The molecule has 0 radical (unpaired) electrons. The maximum Gasteiger partial charge on any atom is 0.306 e. The molecule has 0 aliphatic heterocycles. The van der Waals surface area contributed by atoms with E-state index in [4.69, 9.17) is 16.2 Å². The molecule has 0 saturated carbocycles. The average molecular weight is 498 g/mol. The number of primary amides is 1. The van der Waals surface area contributed by atoms with Gasteiger partial charge in [-0.2, -0.15) is 0 Å². The third-order valence-corrected chi connectivity index (χ3v) is 5.57. The lowest BCUT2D eigenvalue weighted by Crippen LogP contribution is -2.47. The van der Waals surface area contributed by atoms with Gasteiger partial charge in [0.15, 0.2) is 0 Å². The molecule has 8 heteroatoms. The molecule has 7 nitrogen and oxygen atoms in total. The fourth-order valence-corrected chi connectivity index (χ4v) is 3.78. The van der Waals surface area contributed by atoms with Crippen molar-refractivity contribution in [1.82, 2.24) is 5.32 Å². The smallest absolute Gasteiger partial charge is 0.306 e. The molecule has 3 aromatic carbocycles. The molecule has 2 amide bonds. The second-order valence-electron chi connectivity index (χ2n) is 8.41. The quantitative estimate of drug-likeness (QED) is 0.331. The maximum absolute atomic E-state index is 12.6. The van der Waals surface area contributed by atoms with E-state index in [1.165, 1.54) is 0 Å². The summed E-state index contributed by atoms with van der Waals surface area (Å²) in [5.41, 5.74) is 13.3. The number of hydrogen-bond acceptors (Lipinski definition) is 5. The highest BCUT2D eigenvalue weighted by Gasteiger charge is 2.20. The minimum atomic E-state index is -0.797. The third-order valence-electron chi connectivity index (χ3n) is 5.57. The number of amides is 2. The molecule has 3 aromatic rings. The average Bonchev–Trinajstić information content (AvgIpc) is 2.82. The lowest BCUT2D eigenvalue weighted by Gasteiger charge is -2.20. The summed E-state index contributed by atoms with van der Waals surface area (Å²) in [6.07, 6.45) is 1.39. The number of fused-ring (bicyclic) bond motifs is 1. The normalized spacial score (nSPS) is 12.3. The van der Waals surface area contributed by atoms with Crippen molar-refractivity contribution in [3.63, 3.8) is 0 Å². The molecular formula is C27H32ClN3O4. The lowest BCUT2D eigenvalue weighted by molar-refractivity contribution is -0.145. The number of rotatable bonds is 12. The first-order valence-corrected chi connectivity index (χ1v) is 11.4. The summed E-state index contributed by atoms with van der Waals surface area (Å²) < 4.78 is 5.24. The van der Waals surface area contributed by atoms with Crippen LogP contribution in [0.15, 0.2) is 72.8 Å². The Labute approximate surface area is 211 Å². The van der Waals surface area contributed by atoms with Gasteiger partial charge < -0.3 is 21.5 Å². The van der Waals surface area contributed by atoms with Crippen LogP contribution in [0.5, 0.6) is 0 Å². The van der Waals surface area contributed by atoms with Gasteiger partial charge in [0.2, 0.25) is 11.8 Å². The molecule has 0 unspecified atom stereocenters. The summed E-state index contributed by atoms with van der Waals surface area (Å²) in [4.78, 5) is 36.1. The van der Waals surface area contributed by atoms with Gasteiger partial charge in [0.25, 0.3) is 0 Å². The number of carbonyl (C=O) groups excluding carboxylic acids is 3. The number of carbonyl (C=O) groups is 3. The van der Waals surface area contributed by atoms with Gasteiger partial charge >= 0.3 is 5.97 Å². The largest absolute Gasteiger partial charge is 0.461 e. The predicted octanol–water partition coefficient (Wildman–Crippen LogP) is 3.41. The summed E-state index contributed by atoms with van der Waals surface area (Å²) in [5.74, 6) is -1.20. The Morgan fingerprint density at radius 2 is 1.57 bits per heavy atom. The van der Waals surface area contributed by atoms with E-state index >= 15 is 0 Å². The van der Waals surface area contributed by atoms with Gasteiger partial charge in [-0.1, -0.05) is 72.8 Å². The van der Waals surface area contributed by atoms with E-state index in [1.54, 1.807) is 0 Å². The molecule has 2 atom stereocenters. The van der Waals surface area contributed by atoms with Crippen LogP contribution in [0.25, 0.3) is 10.8 Å². The van der Waals surface area contributed by atoms with Crippen molar-refractivity contribution in [3.05, 3.63) is 83.9 Å². The van der Waals surface area contributed by atoms with Gasteiger partial charge in [0, 0.05) is 18.9 Å². The van der Waals surface area contributed by atoms with E-state index in [9.17, 15) is 14.4 Å². The first-order valence-electron chi connectivity index (χ1n) is 11.4.